The third kappa shape index (κ3) is 3.46. The molecule has 124 valence electrons. The summed E-state index contributed by atoms with van der Waals surface area (Å²) in [6.45, 7) is 3.18. The van der Waals surface area contributed by atoms with Crippen LogP contribution in [0.25, 0.3) is 11.0 Å². The summed E-state index contributed by atoms with van der Waals surface area (Å²) in [5.74, 6) is 0.407. The molecular weight excluding hydrogens is 297 g/mol. The number of aromatic nitrogens is 2. The minimum atomic E-state index is -0.299. The molecule has 3 rings (SSSR count). The second-order valence-electron chi connectivity index (χ2n) is 5.96. The summed E-state index contributed by atoms with van der Waals surface area (Å²) in [6.07, 6.45) is 4.42. The molecule has 2 heterocycles. The molecule has 0 aliphatic carbocycles. The van der Waals surface area contributed by atoms with Gasteiger partial charge in [0.25, 0.3) is 0 Å². The van der Waals surface area contributed by atoms with E-state index in [0.29, 0.717) is 30.0 Å². The normalized spacial score (nSPS) is 18.3. The standard InChI is InChI=1S/C17H22FN3O2/c1-2-3-10-23-17(22)21-9-5-4-6-15(21)16-19-13-8-7-12(18)11-14(13)20-16/h7-8,11,15H,2-6,9-10H2,1H3,(H,19,20)/t15-/m0/s1. The van der Waals surface area contributed by atoms with Crippen molar-refractivity contribution in [3.8, 4) is 0 Å². The molecule has 6 heteroatoms. The maximum atomic E-state index is 13.3. The summed E-state index contributed by atoms with van der Waals surface area (Å²) in [7, 11) is 0. The summed E-state index contributed by atoms with van der Waals surface area (Å²) in [6, 6.07) is 4.34. The molecule has 2 aromatic rings. The molecule has 0 saturated carbocycles. The zero-order valence-corrected chi connectivity index (χ0v) is 13.3. The van der Waals surface area contributed by atoms with Crippen LogP contribution in [0.15, 0.2) is 18.2 Å². The zero-order chi connectivity index (χ0) is 16.2. The van der Waals surface area contributed by atoms with Crippen LogP contribution in [0.4, 0.5) is 9.18 Å². The topological polar surface area (TPSA) is 58.2 Å². The maximum absolute atomic E-state index is 13.3. The number of nitrogens with one attached hydrogen (secondary N) is 1. The minimum absolute atomic E-state index is 0.131. The number of imidazole rings is 1. The molecule has 1 aromatic heterocycles. The average Bonchev–Trinajstić information content (AvgIpc) is 2.98. The molecular formula is C17H22FN3O2. The lowest BCUT2D eigenvalue weighted by Gasteiger charge is -2.33. The molecule has 0 spiro atoms. The van der Waals surface area contributed by atoms with Gasteiger partial charge in [0.05, 0.1) is 23.7 Å². The number of piperidine rings is 1. The van der Waals surface area contributed by atoms with Crippen molar-refractivity contribution in [3.05, 3.63) is 29.8 Å². The summed E-state index contributed by atoms with van der Waals surface area (Å²) in [5.41, 5.74) is 1.37. The molecule has 0 radical (unpaired) electrons. The van der Waals surface area contributed by atoms with Crippen LogP contribution in [0.5, 0.6) is 0 Å². The van der Waals surface area contributed by atoms with Crippen molar-refractivity contribution in [1.29, 1.82) is 0 Å². The first-order valence-electron chi connectivity index (χ1n) is 8.27. The van der Waals surface area contributed by atoms with Gasteiger partial charge in [0.2, 0.25) is 0 Å². The number of fused-ring (bicyclic) bond motifs is 1. The van der Waals surface area contributed by atoms with Gasteiger partial charge in [-0.3, -0.25) is 4.90 Å². The number of benzene rings is 1. The Morgan fingerprint density at radius 2 is 2.35 bits per heavy atom. The number of likely N-dealkylation sites (tertiary alicyclic amines) is 1. The van der Waals surface area contributed by atoms with Gasteiger partial charge in [-0.05, 0) is 43.9 Å². The Labute approximate surface area is 134 Å². The third-order valence-corrected chi connectivity index (χ3v) is 4.24. The predicted molar refractivity (Wildman–Crippen MR) is 85.6 cm³/mol. The molecule has 23 heavy (non-hydrogen) atoms. The highest BCUT2D eigenvalue weighted by atomic mass is 19.1. The molecule has 1 atom stereocenters. The van der Waals surface area contributed by atoms with E-state index in [1.165, 1.54) is 12.1 Å². The van der Waals surface area contributed by atoms with Crippen molar-refractivity contribution in [3.63, 3.8) is 0 Å². The van der Waals surface area contributed by atoms with Crippen LogP contribution in [0.3, 0.4) is 0 Å². The number of rotatable bonds is 4. The third-order valence-electron chi connectivity index (χ3n) is 4.24. The SMILES string of the molecule is CCCCOC(=O)N1CCCC[C@H]1c1nc2ccc(F)cc2[nH]1. The van der Waals surface area contributed by atoms with Crippen molar-refractivity contribution in [1.82, 2.24) is 14.9 Å². The van der Waals surface area contributed by atoms with E-state index in [1.54, 1.807) is 11.0 Å². The van der Waals surface area contributed by atoms with Gasteiger partial charge in [-0.1, -0.05) is 13.3 Å². The molecule has 0 bridgehead atoms. The highest BCUT2D eigenvalue weighted by molar-refractivity contribution is 5.75. The number of carbonyl (C=O) groups is 1. The number of amides is 1. The smallest absolute Gasteiger partial charge is 0.410 e. The molecule has 5 nitrogen and oxygen atoms in total. The molecule has 1 aliphatic rings. The van der Waals surface area contributed by atoms with Crippen LogP contribution in [0.2, 0.25) is 0 Å². The van der Waals surface area contributed by atoms with E-state index in [2.05, 4.69) is 16.9 Å². The first-order chi connectivity index (χ1) is 11.2. The fourth-order valence-corrected chi connectivity index (χ4v) is 2.98. The van der Waals surface area contributed by atoms with Crippen molar-refractivity contribution in [2.45, 2.75) is 45.1 Å². The fraction of sp³-hybridized carbons (Fsp3) is 0.529. The van der Waals surface area contributed by atoms with Crippen LogP contribution < -0.4 is 0 Å². The van der Waals surface area contributed by atoms with E-state index in [-0.39, 0.29) is 18.0 Å². The van der Waals surface area contributed by atoms with Crippen molar-refractivity contribution >= 4 is 17.1 Å². The number of H-pyrrole nitrogens is 1. The Balaban J connectivity index is 1.80. The largest absolute Gasteiger partial charge is 0.449 e. The number of carbonyl (C=O) groups excluding carboxylic acids is 1. The molecule has 0 unspecified atom stereocenters. The van der Waals surface area contributed by atoms with E-state index in [4.69, 9.17) is 4.74 Å². The fourth-order valence-electron chi connectivity index (χ4n) is 2.98. The molecule has 1 aromatic carbocycles. The van der Waals surface area contributed by atoms with E-state index in [9.17, 15) is 9.18 Å². The van der Waals surface area contributed by atoms with Gasteiger partial charge in [-0.2, -0.15) is 0 Å². The number of ether oxygens (including phenoxy) is 1. The van der Waals surface area contributed by atoms with Gasteiger partial charge >= 0.3 is 6.09 Å². The van der Waals surface area contributed by atoms with E-state index < -0.39 is 0 Å². The highest BCUT2D eigenvalue weighted by Crippen LogP contribution is 2.31. The summed E-state index contributed by atoms with van der Waals surface area (Å²) < 4.78 is 18.7. The highest BCUT2D eigenvalue weighted by Gasteiger charge is 2.31. The maximum Gasteiger partial charge on any atom is 0.410 e. The number of unbranched alkanes of at least 4 members (excludes halogenated alkanes) is 1. The van der Waals surface area contributed by atoms with Crippen molar-refractivity contribution < 1.29 is 13.9 Å². The van der Waals surface area contributed by atoms with Crippen LogP contribution in [-0.2, 0) is 4.74 Å². The van der Waals surface area contributed by atoms with Gasteiger partial charge in [0.1, 0.15) is 11.6 Å². The van der Waals surface area contributed by atoms with Gasteiger partial charge < -0.3 is 9.72 Å². The summed E-state index contributed by atoms with van der Waals surface area (Å²) in [4.78, 5) is 21.8. The monoisotopic (exact) mass is 319 g/mol. The lowest BCUT2D eigenvalue weighted by atomic mass is 10.0. The number of hydrogen-bond donors (Lipinski definition) is 1. The van der Waals surface area contributed by atoms with Gasteiger partial charge in [-0.25, -0.2) is 14.2 Å². The number of hydrogen-bond acceptors (Lipinski definition) is 3. The van der Waals surface area contributed by atoms with Crippen LogP contribution in [-0.4, -0.2) is 34.1 Å². The average molecular weight is 319 g/mol. The molecule has 1 saturated heterocycles. The Morgan fingerprint density at radius 3 is 3.17 bits per heavy atom. The minimum Gasteiger partial charge on any atom is -0.449 e. The Bertz CT molecular complexity index is 686. The zero-order valence-electron chi connectivity index (χ0n) is 13.3. The van der Waals surface area contributed by atoms with Crippen molar-refractivity contribution in [2.24, 2.45) is 0 Å². The lowest BCUT2D eigenvalue weighted by molar-refractivity contribution is 0.0702. The van der Waals surface area contributed by atoms with Gasteiger partial charge in [0.15, 0.2) is 0 Å². The van der Waals surface area contributed by atoms with Crippen LogP contribution in [0, 0.1) is 5.82 Å². The second-order valence-corrected chi connectivity index (χ2v) is 5.96. The van der Waals surface area contributed by atoms with Gasteiger partial charge in [-0.15, -0.1) is 0 Å². The first-order valence-corrected chi connectivity index (χ1v) is 8.27. The number of aromatic amines is 1. The molecule has 1 fully saturated rings. The molecule has 1 N–H and O–H groups in total. The summed E-state index contributed by atoms with van der Waals surface area (Å²) in [5, 5.41) is 0. The molecule has 1 amide bonds. The van der Waals surface area contributed by atoms with Crippen LogP contribution >= 0.6 is 0 Å². The van der Waals surface area contributed by atoms with E-state index in [1.807, 2.05) is 0 Å². The van der Waals surface area contributed by atoms with Gasteiger partial charge in [0, 0.05) is 6.54 Å². The predicted octanol–water partition coefficient (Wildman–Crippen LogP) is 4.17. The van der Waals surface area contributed by atoms with E-state index in [0.717, 1.165) is 32.1 Å². The van der Waals surface area contributed by atoms with E-state index >= 15 is 0 Å². The quantitative estimate of drug-likeness (QED) is 0.861. The van der Waals surface area contributed by atoms with Crippen LogP contribution in [0.1, 0.15) is 50.9 Å². The second kappa shape index (κ2) is 6.98. The number of nitrogens with zero attached hydrogens (tertiary/aromatic N) is 2. The Morgan fingerprint density at radius 1 is 1.48 bits per heavy atom. The summed E-state index contributed by atoms with van der Waals surface area (Å²) >= 11 is 0. The Kier molecular flexibility index (Phi) is 4.79. The first kappa shape index (κ1) is 15.8. The number of halogens is 1. The van der Waals surface area contributed by atoms with Crippen molar-refractivity contribution in [2.75, 3.05) is 13.2 Å². The lowest BCUT2D eigenvalue weighted by Crippen LogP contribution is -2.39. The Hall–Kier alpha value is -2.11. The molecule has 1 aliphatic heterocycles.